The van der Waals surface area contributed by atoms with Crippen molar-refractivity contribution in [3.8, 4) is 16.9 Å². The molecule has 9 rings (SSSR count). The molecule has 0 aliphatic heterocycles. The van der Waals surface area contributed by atoms with E-state index < -0.39 is 7.14 Å². The molecule has 9 aromatic rings. The Kier molecular flexibility index (Phi) is 6.41. The van der Waals surface area contributed by atoms with Crippen LogP contribution in [0.3, 0.4) is 0 Å². The fraction of sp³-hybridized carbons (Fsp3) is 0. The van der Waals surface area contributed by atoms with E-state index in [4.69, 9.17) is 4.98 Å². The number of benzene rings is 7. The second-order valence-corrected chi connectivity index (χ2v) is 14.7. The van der Waals surface area contributed by atoms with Crippen molar-refractivity contribution in [2.45, 2.75) is 0 Å². The van der Waals surface area contributed by atoms with Crippen molar-refractivity contribution in [3.63, 3.8) is 0 Å². The van der Waals surface area contributed by atoms with Gasteiger partial charge in [0.25, 0.3) is 0 Å². The smallest absolute Gasteiger partial charge is 0.171 e. The van der Waals surface area contributed by atoms with Gasteiger partial charge in [0, 0.05) is 48.7 Å². The summed E-state index contributed by atoms with van der Waals surface area (Å²) in [6, 6.07) is 60.1. The van der Waals surface area contributed by atoms with Gasteiger partial charge in [-0.2, -0.15) is 0 Å². The highest BCUT2D eigenvalue weighted by molar-refractivity contribution is 7.85. The standard InChI is InChI=1S/C43H29N2OP/c46-47(32-18-6-2-7-19-32,33-20-8-3-9-21-33)34-22-14-17-31(27-34)45-41-26-13-11-24-36(41)38-28-37-35-23-10-12-25-40(35)44-43(39(37)29-42(38)45)30-15-4-1-5-16-30/h1-29H. The molecular formula is C43H29N2OP. The Morgan fingerprint density at radius 3 is 1.74 bits per heavy atom. The number of hydrogen-bond acceptors (Lipinski definition) is 2. The summed E-state index contributed by atoms with van der Waals surface area (Å²) in [5, 5.41) is 8.20. The van der Waals surface area contributed by atoms with E-state index in [0.29, 0.717) is 0 Å². The van der Waals surface area contributed by atoms with Crippen molar-refractivity contribution in [1.82, 2.24) is 9.55 Å². The third kappa shape index (κ3) is 4.35. The lowest BCUT2D eigenvalue weighted by atomic mass is 9.98. The molecule has 222 valence electrons. The van der Waals surface area contributed by atoms with Crippen LogP contribution in [0.1, 0.15) is 0 Å². The molecule has 0 aliphatic rings. The summed E-state index contributed by atoms with van der Waals surface area (Å²) < 4.78 is 17.7. The summed E-state index contributed by atoms with van der Waals surface area (Å²) in [6.07, 6.45) is 0. The molecule has 0 amide bonds. The summed E-state index contributed by atoms with van der Waals surface area (Å²) in [7, 11) is -3.16. The largest absolute Gasteiger partial charge is 0.309 e. The zero-order valence-electron chi connectivity index (χ0n) is 25.5. The second-order valence-electron chi connectivity index (χ2n) is 11.9. The fourth-order valence-electron chi connectivity index (χ4n) is 7.06. The molecule has 0 spiro atoms. The van der Waals surface area contributed by atoms with E-state index in [1.165, 1.54) is 16.2 Å². The summed E-state index contributed by atoms with van der Waals surface area (Å²) in [6.45, 7) is 0. The first-order valence-corrected chi connectivity index (χ1v) is 17.5. The van der Waals surface area contributed by atoms with Gasteiger partial charge in [0.05, 0.1) is 22.2 Å². The molecule has 0 atom stereocenters. The third-order valence-electron chi connectivity index (χ3n) is 9.23. The molecule has 4 heteroatoms. The average molecular weight is 621 g/mol. The summed E-state index contributed by atoms with van der Waals surface area (Å²) in [4.78, 5) is 5.20. The normalized spacial score (nSPS) is 11.9. The van der Waals surface area contributed by atoms with Gasteiger partial charge in [-0.3, -0.25) is 0 Å². The molecule has 0 fully saturated rings. The van der Waals surface area contributed by atoms with Crippen molar-refractivity contribution in [2.24, 2.45) is 0 Å². The minimum absolute atomic E-state index is 0.803. The minimum atomic E-state index is -3.16. The highest BCUT2D eigenvalue weighted by Crippen LogP contribution is 2.44. The molecule has 0 saturated heterocycles. The van der Waals surface area contributed by atoms with Crippen LogP contribution in [0.4, 0.5) is 0 Å². The first-order chi connectivity index (χ1) is 23.2. The maximum Gasteiger partial charge on any atom is 0.171 e. The molecule has 2 heterocycles. The van der Waals surface area contributed by atoms with Crippen molar-refractivity contribution in [3.05, 3.63) is 176 Å². The number of fused-ring (bicyclic) bond motifs is 6. The summed E-state index contributed by atoms with van der Waals surface area (Å²) in [5.74, 6) is 0. The van der Waals surface area contributed by atoms with Crippen molar-refractivity contribution in [1.29, 1.82) is 0 Å². The van der Waals surface area contributed by atoms with Crippen LogP contribution >= 0.6 is 7.14 Å². The Hall–Kier alpha value is -5.76. The van der Waals surface area contributed by atoms with Crippen LogP contribution in [0.15, 0.2) is 176 Å². The van der Waals surface area contributed by atoms with E-state index in [-0.39, 0.29) is 0 Å². The highest BCUT2D eigenvalue weighted by atomic mass is 31.2. The van der Waals surface area contributed by atoms with Gasteiger partial charge in [-0.05, 0) is 41.8 Å². The number of para-hydroxylation sites is 2. The minimum Gasteiger partial charge on any atom is -0.309 e. The maximum atomic E-state index is 15.4. The van der Waals surface area contributed by atoms with Crippen LogP contribution in [0.5, 0.6) is 0 Å². The quantitative estimate of drug-likeness (QED) is 0.142. The maximum absolute atomic E-state index is 15.4. The molecule has 7 aromatic carbocycles. The number of hydrogen-bond donors (Lipinski definition) is 0. The van der Waals surface area contributed by atoms with Gasteiger partial charge < -0.3 is 9.13 Å². The zero-order chi connectivity index (χ0) is 31.4. The summed E-state index contributed by atoms with van der Waals surface area (Å²) in [5.41, 5.74) is 6.17. The predicted molar refractivity (Wildman–Crippen MR) is 198 cm³/mol. The molecule has 2 aromatic heterocycles. The highest BCUT2D eigenvalue weighted by Gasteiger charge is 2.30. The van der Waals surface area contributed by atoms with Gasteiger partial charge in [-0.1, -0.05) is 140 Å². The Labute approximate surface area is 272 Å². The topological polar surface area (TPSA) is 34.9 Å². The monoisotopic (exact) mass is 620 g/mol. The van der Waals surface area contributed by atoms with Crippen molar-refractivity contribution < 1.29 is 4.57 Å². The van der Waals surface area contributed by atoms with Crippen LogP contribution in [-0.4, -0.2) is 9.55 Å². The van der Waals surface area contributed by atoms with Gasteiger partial charge in [-0.15, -0.1) is 0 Å². The third-order valence-corrected chi connectivity index (χ3v) is 12.3. The van der Waals surface area contributed by atoms with E-state index in [9.17, 15) is 0 Å². The lowest BCUT2D eigenvalue weighted by Crippen LogP contribution is -2.25. The first kappa shape index (κ1) is 27.5. The van der Waals surface area contributed by atoms with Crippen LogP contribution < -0.4 is 15.9 Å². The van der Waals surface area contributed by atoms with E-state index in [0.717, 1.165) is 60.2 Å². The molecule has 0 N–H and O–H groups in total. The Morgan fingerprint density at radius 1 is 0.426 bits per heavy atom. The van der Waals surface area contributed by atoms with E-state index in [1.54, 1.807) is 0 Å². The Morgan fingerprint density at radius 2 is 1.02 bits per heavy atom. The molecule has 0 bridgehead atoms. The van der Waals surface area contributed by atoms with Crippen LogP contribution in [0.2, 0.25) is 0 Å². The Bertz CT molecular complexity index is 2600. The van der Waals surface area contributed by atoms with Crippen LogP contribution in [0, 0.1) is 0 Å². The molecule has 3 nitrogen and oxygen atoms in total. The molecular weight excluding hydrogens is 591 g/mol. The number of rotatable bonds is 5. The second kappa shape index (κ2) is 10.9. The fourth-order valence-corrected chi connectivity index (χ4v) is 9.75. The van der Waals surface area contributed by atoms with E-state index in [2.05, 4.69) is 102 Å². The van der Waals surface area contributed by atoms with Gasteiger partial charge >= 0.3 is 0 Å². The van der Waals surface area contributed by atoms with Gasteiger partial charge in [-0.25, -0.2) is 4.98 Å². The number of aromatic nitrogens is 2. The average Bonchev–Trinajstić information content (AvgIpc) is 3.48. The molecule has 47 heavy (non-hydrogen) atoms. The molecule has 0 saturated carbocycles. The van der Waals surface area contributed by atoms with Gasteiger partial charge in [0.15, 0.2) is 7.14 Å². The first-order valence-electron chi connectivity index (χ1n) is 15.8. The SMILES string of the molecule is O=P(c1ccccc1)(c1ccccc1)c1cccc(-n2c3ccccc3c3cc4c(cc32)c(-c2ccccc2)nc2ccccc24)c1. The molecule has 0 unspecified atom stereocenters. The van der Waals surface area contributed by atoms with E-state index in [1.807, 2.05) is 78.9 Å². The molecule has 0 aliphatic carbocycles. The summed E-state index contributed by atoms with van der Waals surface area (Å²) >= 11 is 0. The predicted octanol–water partition coefficient (Wildman–Crippen LogP) is 9.79. The lowest BCUT2D eigenvalue weighted by Gasteiger charge is -2.21. The lowest BCUT2D eigenvalue weighted by molar-refractivity contribution is 0.592. The van der Waals surface area contributed by atoms with Crippen molar-refractivity contribution in [2.75, 3.05) is 0 Å². The zero-order valence-corrected chi connectivity index (χ0v) is 26.4. The van der Waals surface area contributed by atoms with Gasteiger partial charge in [0.2, 0.25) is 0 Å². The molecule has 0 radical (unpaired) electrons. The van der Waals surface area contributed by atoms with Gasteiger partial charge in [0.1, 0.15) is 0 Å². The Balaban J connectivity index is 1.36. The number of pyridine rings is 1. The van der Waals surface area contributed by atoms with E-state index >= 15 is 4.57 Å². The van der Waals surface area contributed by atoms with Crippen LogP contribution in [-0.2, 0) is 4.57 Å². The number of nitrogens with zero attached hydrogens (tertiary/aromatic N) is 2. The van der Waals surface area contributed by atoms with Crippen molar-refractivity contribution >= 4 is 66.5 Å². The van der Waals surface area contributed by atoms with Crippen LogP contribution in [0.25, 0.3) is 60.4 Å².